The normalized spacial score (nSPS) is 22.2. The fourth-order valence-corrected chi connectivity index (χ4v) is 7.73. The van der Waals surface area contributed by atoms with Gasteiger partial charge in [0.2, 0.25) is 5.91 Å². The van der Waals surface area contributed by atoms with Crippen molar-refractivity contribution in [3.8, 4) is 11.3 Å². The first kappa shape index (κ1) is 25.7. The highest BCUT2D eigenvalue weighted by atomic mass is 35.5. The molecule has 12 heteroatoms. The number of amides is 1. The summed E-state index contributed by atoms with van der Waals surface area (Å²) >= 11 is 14.2. The van der Waals surface area contributed by atoms with Crippen LogP contribution in [0.4, 0.5) is 9.52 Å². The highest BCUT2D eigenvalue weighted by Crippen LogP contribution is 2.47. The number of nitrogens with two attached hydrogens (primary N) is 1. The lowest BCUT2D eigenvalue weighted by atomic mass is 9.99. The predicted molar refractivity (Wildman–Crippen MR) is 150 cm³/mol. The van der Waals surface area contributed by atoms with Crippen LogP contribution in [0.1, 0.15) is 70.9 Å². The number of carbonyl (C=O) groups is 2. The van der Waals surface area contributed by atoms with Gasteiger partial charge in [0.25, 0.3) is 0 Å². The molecule has 1 aliphatic carbocycles. The maximum absolute atomic E-state index is 14.7. The van der Waals surface area contributed by atoms with Crippen LogP contribution in [0.2, 0.25) is 10.0 Å². The van der Waals surface area contributed by atoms with Crippen LogP contribution in [0.25, 0.3) is 21.5 Å². The lowest BCUT2D eigenvalue weighted by Gasteiger charge is -2.38. The number of piperidine rings is 1. The van der Waals surface area contributed by atoms with Crippen molar-refractivity contribution in [2.75, 3.05) is 4.90 Å². The molecular formula is C28H23Cl2FN4O4S. The maximum Gasteiger partial charge on any atom is 0.344 e. The van der Waals surface area contributed by atoms with Crippen LogP contribution in [0.15, 0.2) is 34.9 Å². The molecule has 2 saturated heterocycles. The molecule has 1 amide bonds. The van der Waals surface area contributed by atoms with E-state index in [1.165, 1.54) is 11.3 Å². The number of anilines is 1. The highest BCUT2D eigenvalue weighted by Gasteiger charge is 2.45. The van der Waals surface area contributed by atoms with Crippen LogP contribution in [-0.4, -0.2) is 40.2 Å². The zero-order valence-corrected chi connectivity index (χ0v) is 23.4. The fourth-order valence-electron chi connectivity index (χ4n) is 5.99. The second kappa shape index (κ2) is 9.71. The van der Waals surface area contributed by atoms with Gasteiger partial charge in [0.15, 0.2) is 16.7 Å². The van der Waals surface area contributed by atoms with E-state index in [1.807, 2.05) is 0 Å². The van der Waals surface area contributed by atoms with Gasteiger partial charge in [0.1, 0.15) is 22.9 Å². The number of fused-ring (bicyclic) bond motifs is 3. The number of esters is 1. The Morgan fingerprint density at radius 3 is 2.45 bits per heavy atom. The van der Waals surface area contributed by atoms with Crippen LogP contribution in [0, 0.1) is 5.82 Å². The van der Waals surface area contributed by atoms with E-state index in [2.05, 4.69) is 15.0 Å². The molecule has 3 aliphatic rings. The molecule has 4 heterocycles. The summed E-state index contributed by atoms with van der Waals surface area (Å²) in [5.74, 6) is -1.11. The van der Waals surface area contributed by atoms with Crippen molar-refractivity contribution >= 4 is 61.8 Å². The van der Waals surface area contributed by atoms with E-state index in [0.29, 0.717) is 55.3 Å². The topological polar surface area (TPSA) is 112 Å². The number of carbonyl (C=O) groups excluding carboxylic acids is 2. The number of aromatic nitrogens is 2. The van der Waals surface area contributed by atoms with Gasteiger partial charge >= 0.3 is 5.97 Å². The minimum atomic E-state index is -0.684. The Bertz CT molecular complexity index is 1650. The van der Waals surface area contributed by atoms with Gasteiger partial charge in [-0.1, -0.05) is 45.8 Å². The second-order valence-electron chi connectivity index (χ2n) is 10.6. The Balaban J connectivity index is 1.14. The average molecular weight is 601 g/mol. The van der Waals surface area contributed by atoms with Crippen molar-refractivity contribution in [3.63, 3.8) is 0 Å². The summed E-state index contributed by atoms with van der Waals surface area (Å²) in [5, 5.41) is 5.64. The lowest BCUT2D eigenvalue weighted by molar-refractivity contribution is 0.0202. The first-order valence-corrected chi connectivity index (χ1v) is 14.7. The molecular weight excluding hydrogens is 578 g/mol. The summed E-state index contributed by atoms with van der Waals surface area (Å²) in [6, 6.07) is 7.99. The molecule has 2 aliphatic heterocycles. The van der Waals surface area contributed by atoms with Crippen molar-refractivity contribution in [2.45, 2.75) is 62.6 Å². The molecule has 2 N–H and O–H groups in total. The van der Waals surface area contributed by atoms with Crippen molar-refractivity contribution in [2.24, 2.45) is 5.73 Å². The highest BCUT2D eigenvalue weighted by molar-refractivity contribution is 7.22. The van der Waals surface area contributed by atoms with E-state index >= 15 is 0 Å². The van der Waals surface area contributed by atoms with Crippen LogP contribution in [0.5, 0.6) is 0 Å². The molecule has 0 spiro atoms. The molecule has 2 bridgehead atoms. The summed E-state index contributed by atoms with van der Waals surface area (Å²) in [6.07, 6.45) is 4.55. The number of benzene rings is 2. The van der Waals surface area contributed by atoms with Crippen LogP contribution in [0.3, 0.4) is 0 Å². The van der Waals surface area contributed by atoms with Crippen LogP contribution in [-0.2, 0) is 4.74 Å². The van der Waals surface area contributed by atoms with Gasteiger partial charge < -0.3 is 19.9 Å². The molecule has 1 saturated carbocycles. The number of thiazole rings is 1. The van der Waals surface area contributed by atoms with E-state index in [1.54, 1.807) is 24.3 Å². The van der Waals surface area contributed by atoms with E-state index < -0.39 is 17.7 Å². The van der Waals surface area contributed by atoms with Gasteiger partial charge in [-0.3, -0.25) is 4.79 Å². The molecule has 3 atom stereocenters. The van der Waals surface area contributed by atoms with E-state index in [9.17, 15) is 14.0 Å². The van der Waals surface area contributed by atoms with Gasteiger partial charge in [-0.25, -0.2) is 14.2 Å². The molecule has 0 unspecified atom stereocenters. The number of nitrogens with zero attached hydrogens (tertiary/aromatic N) is 3. The largest absolute Gasteiger partial charge is 0.458 e. The summed E-state index contributed by atoms with van der Waals surface area (Å²) in [6.45, 7) is 0. The van der Waals surface area contributed by atoms with E-state index in [0.717, 1.165) is 31.7 Å². The Morgan fingerprint density at radius 2 is 1.80 bits per heavy atom. The minimum Gasteiger partial charge on any atom is -0.458 e. The summed E-state index contributed by atoms with van der Waals surface area (Å²) in [7, 11) is 0. The monoisotopic (exact) mass is 600 g/mol. The number of rotatable bonds is 6. The van der Waals surface area contributed by atoms with E-state index in [4.69, 9.17) is 38.2 Å². The first-order valence-electron chi connectivity index (χ1n) is 13.1. The second-order valence-corrected chi connectivity index (χ2v) is 12.4. The van der Waals surface area contributed by atoms with Crippen molar-refractivity contribution in [3.05, 3.63) is 63.1 Å². The molecule has 8 nitrogen and oxygen atoms in total. The SMILES string of the molecule is NC(=O)c1cc(F)c2nc(N3[C@@H]4CC[C@H]3C[C@H](OC(=O)c3c(-c5c(Cl)cccc5Cl)noc3C3CC3)C4)sc2c1. The minimum absolute atomic E-state index is 0.0821. The third-order valence-electron chi connectivity index (χ3n) is 7.98. The van der Waals surface area contributed by atoms with Gasteiger partial charge in [-0.15, -0.1) is 0 Å². The molecule has 40 heavy (non-hydrogen) atoms. The molecule has 3 fully saturated rings. The Morgan fingerprint density at radius 1 is 1.10 bits per heavy atom. The zero-order valence-electron chi connectivity index (χ0n) is 21.0. The maximum atomic E-state index is 14.7. The molecule has 4 aromatic rings. The van der Waals surface area contributed by atoms with Crippen LogP contribution >= 0.6 is 34.5 Å². The molecule has 206 valence electrons. The standard InChI is InChI=1S/C28H23Cl2FN4O4S/c29-17-2-1-3-18(30)21(17)24-22(25(39-34-24)12-4-5-12)27(37)38-16-10-14-6-7-15(11-16)35(14)28-33-23-19(31)8-13(26(32)36)9-20(23)40-28/h1-3,8-9,12,14-16H,4-7,10-11H2,(H2,32,36)/t14-,15+,16-. The summed E-state index contributed by atoms with van der Waals surface area (Å²) < 4.78 is 27.0. The lowest BCUT2D eigenvalue weighted by Crippen LogP contribution is -2.46. The molecule has 7 rings (SSSR count). The van der Waals surface area contributed by atoms with Crippen LogP contribution < -0.4 is 10.6 Å². The number of primary amides is 1. The Hall–Kier alpha value is -3.21. The van der Waals surface area contributed by atoms with Gasteiger partial charge in [0, 0.05) is 42.0 Å². The fraction of sp³-hybridized carbons (Fsp3) is 0.357. The predicted octanol–water partition coefficient (Wildman–Crippen LogP) is 6.73. The third-order valence-corrected chi connectivity index (χ3v) is 9.62. The van der Waals surface area contributed by atoms with Crippen molar-refractivity contribution in [1.29, 1.82) is 0 Å². The third kappa shape index (κ3) is 4.33. The number of hydrogen-bond donors (Lipinski definition) is 1. The smallest absolute Gasteiger partial charge is 0.344 e. The van der Waals surface area contributed by atoms with Crippen molar-refractivity contribution in [1.82, 2.24) is 10.1 Å². The molecule has 2 aromatic heterocycles. The van der Waals surface area contributed by atoms with Gasteiger partial charge in [-0.2, -0.15) is 0 Å². The Kier molecular flexibility index (Phi) is 6.25. The van der Waals surface area contributed by atoms with Gasteiger partial charge in [0.05, 0.1) is 14.7 Å². The Labute approximate surface area is 242 Å². The van der Waals surface area contributed by atoms with Crippen molar-refractivity contribution < 1.29 is 23.2 Å². The van der Waals surface area contributed by atoms with E-state index in [-0.39, 0.29) is 35.2 Å². The number of hydrogen-bond acceptors (Lipinski definition) is 8. The zero-order chi connectivity index (χ0) is 27.7. The molecule has 0 radical (unpaired) electrons. The first-order chi connectivity index (χ1) is 19.3. The molecule has 2 aromatic carbocycles. The average Bonchev–Trinajstić information content (AvgIpc) is 3.41. The quantitative estimate of drug-likeness (QED) is 0.244. The summed E-state index contributed by atoms with van der Waals surface area (Å²) in [5.41, 5.74) is 6.74. The number of ether oxygens (including phenoxy) is 1. The van der Waals surface area contributed by atoms with Gasteiger partial charge in [-0.05, 0) is 49.9 Å². The number of halogens is 3. The summed E-state index contributed by atoms with van der Waals surface area (Å²) in [4.78, 5) is 32.0.